The fraction of sp³-hybridized carbons (Fsp3) is 0.333. The van der Waals surface area contributed by atoms with Crippen molar-refractivity contribution < 1.29 is 14.4 Å². The van der Waals surface area contributed by atoms with E-state index in [0.29, 0.717) is 31.4 Å². The van der Waals surface area contributed by atoms with Gasteiger partial charge in [0.2, 0.25) is 0 Å². The summed E-state index contributed by atoms with van der Waals surface area (Å²) in [6.07, 6.45) is 1.85. The highest BCUT2D eigenvalue weighted by Crippen LogP contribution is 2.15. The summed E-state index contributed by atoms with van der Waals surface area (Å²) < 4.78 is 12.9. The Labute approximate surface area is 115 Å². The van der Waals surface area contributed by atoms with Crippen molar-refractivity contribution >= 4 is 23.3 Å². The van der Waals surface area contributed by atoms with Crippen LogP contribution in [0, 0.1) is 5.82 Å². The normalized spacial score (nSPS) is 11.4. The standard InChI is InChI=1S/C12H15ClFN3O2/c13-9-7-8(4-5-10(9)14)12(18)16-6-2-1-3-11(15)17-19/h4-5,7,19H,1-3,6H2,(H2,15,17)(H,16,18). The number of carbonyl (C=O) groups excluding carboxylic acids is 1. The molecule has 0 atom stereocenters. The monoisotopic (exact) mass is 287 g/mol. The summed E-state index contributed by atoms with van der Waals surface area (Å²) in [5.74, 6) is -0.709. The molecule has 1 aromatic carbocycles. The van der Waals surface area contributed by atoms with Gasteiger partial charge in [0.15, 0.2) is 0 Å². The highest BCUT2D eigenvalue weighted by molar-refractivity contribution is 6.31. The molecule has 0 heterocycles. The van der Waals surface area contributed by atoms with Crippen molar-refractivity contribution in [2.24, 2.45) is 10.9 Å². The minimum Gasteiger partial charge on any atom is -0.409 e. The van der Waals surface area contributed by atoms with Gasteiger partial charge in [0.05, 0.1) is 5.02 Å². The van der Waals surface area contributed by atoms with Crippen LogP contribution in [-0.2, 0) is 0 Å². The lowest BCUT2D eigenvalue weighted by molar-refractivity contribution is 0.0953. The molecule has 0 unspecified atom stereocenters. The first-order valence-corrected chi connectivity index (χ1v) is 6.12. The molecule has 1 amide bonds. The molecule has 0 aliphatic carbocycles. The number of amidine groups is 1. The smallest absolute Gasteiger partial charge is 0.251 e. The molecule has 104 valence electrons. The van der Waals surface area contributed by atoms with Gasteiger partial charge in [-0.2, -0.15) is 0 Å². The Morgan fingerprint density at radius 1 is 1.47 bits per heavy atom. The Morgan fingerprint density at radius 3 is 2.84 bits per heavy atom. The van der Waals surface area contributed by atoms with E-state index in [-0.39, 0.29) is 16.8 Å². The van der Waals surface area contributed by atoms with Crippen LogP contribution in [0.1, 0.15) is 29.6 Å². The zero-order chi connectivity index (χ0) is 14.3. The van der Waals surface area contributed by atoms with E-state index in [2.05, 4.69) is 10.5 Å². The van der Waals surface area contributed by atoms with E-state index in [1.165, 1.54) is 12.1 Å². The number of rotatable bonds is 6. The number of hydrogen-bond acceptors (Lipinski definition) is 3. The molecule has 0 fully saturated rings. The van der Waals surface area contributed by atoms with E-state index < -0.39 is 5.82 Å². The summed E-state index contributed by atoms with van der Waals surface area (Å²) in [6, 6.07) is 3.80. The zero-order valence-electron chi connectivity index (χ0n) is 10.2. The van der Waals surface area contributed by atoms with Gasteiger partial charge < -0.3 is 16.3 Å². The molecule has 0 saturated carbocycles. The molecular weight excluding hydrogens is 273 g/mol. The first-order chi connectivity index (χ1) is 9.04. The Bertz CT molecular complexity index is 480. The molecule has 0 bridgehead atoms. The number of oxime groups is 1. The van der Waals surface area contributed by atoms with Crippen molar-refractivity contribution in [1.82, 2.24) is 5.32 Å². The van der Waals surface area contributed by atoms with Gasteiger partial charge in [0.1, 0.15) is 11.7 Å². The van der Waals surface area contributed by atoms with Crippen molar-refractivity contribution in [3.05, 3.63) is 34.6 Å². The van der Waals surface area contributed by atoms with Crippen LogP contribution in [0.2, 0.25) is 5.02 Å². The Morgan fingerprint density at radius 2 is 2.21 bits per heavy atom. The van der Waals surface area contributed by atoms with E-state index in [9.17, 15) is 9.18 Å². The van der Waals surface area contributed by atoms with E-state index in [4.69, 9.17) is 22.5 Å². The van der Waals surface area contributed by atoms with Gasteiger partial charge in [-0.1, -0.05) is 16.8 Å². The number of amides is 1. The van der Waals surface area contributed by atoms with E-state index in [0.717, 1.165) is 6.07 Å². The molecule has 0 aromatic heterocycles. The van der Waals surface area contributed by atoms with Crippen LogP contribution in [0.25, 0.3) is 0 Å². The van der Waals surface area contributed by atoms with E-state index in [1.54, 1.807) is 0 Å². The molecule has 1 aromatic rings. The molecule has 7 heteroatoms. The molecule has 0 spiro atoms. The SMILES string of the molecule is N/C(CCCCNC(=O)c1ccc(F)c(Cl)c1)=N/O. The van der Waals surface area contributed by atoms with Crippen LogP contribution in [0.4, 0.5) is 4.39 Å². The molecule has 4 N–H and O–H groups in total. The summed E-state index contributed by atoms with van der Waals surface area (Å²) in [5.41, 5.74) is 5.61. The average molecular weight is 288 g/mol. The number of nitrogens with zero attached hydrogens (tertiary/aromatic N) is 1. The number of unbranched alkanes of at least 4 members (excludes halogenated alkanes) is 1. The molecule has 5 nitrogen and oxygen atoms in total. The zero-order valence-corrected chi connectivity index (χ0v) is 11.0. The summed E-state index contributed by atoms with van der Waals surface area (Å²) in [6.45, 7) is 0.451. The summed E-state index contributed by atoms with van der Waals surface area (Å²) in [7, 11) is 0. The fourth-order valence-electron chi connectivity index (χ4n) is 1.42. The van der Waals surface area contributed by atoms with Gasteiger partial charge in [-0.05, 0) is 31.0 Å². The summed E-state index contributed by atoms with van der Waals surface area (Å²) >= 11 is 5.59. The van der Waals surface area contributed by atoms with E-state index >= 15 is 0 Å². The molecule has 19 heavy (non-hydrogen) atoms. The predicted molar refractivity (Wildman–Crippen MR) is 71.0 cm³/mol. The third-order valence-corrected chi connectivity index (χ3v) is 2.75. The maximum atomic E-state index is 12.9. The van der Waals surface area contributed by atoms with Gasteiger partial charge in [0.25, 0.3) is 5.91 Å². The van der Waals surface area contributed by atoms with Gasteiger partial charge >= 0.3 is 0 Å². The van der Waals surface area contributed by atoms with Gasteiger partial charge in [-0.25, -0.2) is 4.39 Å². The van der Waals surface area contributed by atoms with Crippen LogP contribution in [0.3, 0.4) is 0 Å². The summed E-state index contributed by atoms with van der Waals surface area (Å²) in [4.78, 5) is 11.7. The molecule has 0 radical (unpaired) electrons. The lowest BCUT2D eigenvalue weighted by atomic mass is 10.2. The molecular formula is C12H15ClFN3O2. The minimum absolute atomic E-state index is 0.0837. The number of nitrogens with one attached hydrogen (secondary N) is 1. The predicted octanol–water partition coefficient (Wildman–Crippen LogP) is 2.13. The maximum absolute atomic E-state index is 12.9. The first-order valence-electron chi connectivity index (χ1n) is 5.74. The van der Waals surface area contributed by atoms with Gasteiger partial charge in [0, 0.05) is 18.5 Å². The highest BCUT2D eigenvalue weighted by atomic mass is 35.5. The van der Waals surface area contributed by atoms with Crippen LogP contribution in [0.15, 0.2) is 23.4 Å². The summed E-state index contributed by atoms with van der Waals surface area (Å²) in [5, 5.41) is 13.8. The second kappa shape index (κ2) is 7.58. The third-order valence-electron chi connectivity index (χ3n) is 2.46. The second-order valence-electron chi connectivity index (χ2n) is 3.93. The van der Waals surface area contributed by atoms with Crippen molar-refractivity contribution in [1.29, 1.82) is 0 Å². The molecule has 0 saturated heterocycles. The van der Waals surface area contributed by atoms with Crippen LogP contribution in [0.5, 0.6) is 0 Å². The van der Waals surface area contributed by atoms with Crippen molar-refractivity contribution in [2.45, 2.75) is 19.3 Å². The lowest BCUT2D eigenvalue weighted by Crippen LogP contribution is -2.24. The Kier molecular flexibility index (Phi) is 6.08. The van der Waals surface area contributed by atoms with Crippen molar-refractivity contribution in [2.75, 3.05) is 6.54 Å². The Balaban J connectivity index is 2.33. The fourth-order valence-corrected chi connectivity index (χ4v) is 1.60. The maximum Gasteiger partial charge on any atom is 0.251 e. The number of carbonyl (C=O) groups is 1. The number of hydrogen-bond donors (Lipinski definition) is 3. The topological polar surface area (TPSA) is 87.7 Å². The lowest BCUT2D eigenvalue weighted by Gasteiger charge is -2.05. The second-order valence-corrected chi connectivity index (χ2v) is 4.34. The van der Waals surface area contributed by atoms with Gasteiger partial charge in [-0.3, -0.25) is 4.79 Å². The molecule has 0 aliphatic rings. The quantitative estimate of drug-likeness (QED) is 0.246. The van der Waals surface area contributed by atoms with Crippen molar-refractivity contribution in [3.63, 3.8) is 0 Å². The third kappa shape index (κ3) is 5.13. The average Bonchev–Trinajstić information content (AvgIpc) is 2.40. The van der Waals surface area contributed by atoms with Crippen LogP contribution >= 0.6 is 11.6 Å². The molecule has 0 aliphatic heterocycles. The van der Waals surface area contributed by atoms with Crippen molar-refractivity contribution in [3.8, 4) is 0 Å². The van der Waals surface area contributed by atoms with Crippen LogP contribution in [-0.4, -0.2) is 23.5 Å². The highest BCUT2D eigenvalue weighted by Gasteiger charge is 2.07. The van der Waals surface area contributed by atoms with E-state index in [1.807, 2.05) is 0 Å². The molecule has 1 rings (SSSR count). The largest absolute Gasteiger partial charge is 0.409 e. The number of nitrogens with two attached hydrogens (primary N) is 1. The number of halogens is 2. The Hall–Kier alpha value is -1.82. The number of benzene rings is 1. The first kappa shape index (κ1) is 15.2. The van der Waals surface area contributed by atoms with Crippen LogP contribution < -0.4 is 11.1 Å². The minimum atomic E-state index is -0.558. The van der Waals surface area contributed by atoms with Gasteiger partial charge in [-0.15, -0.1) is 0 Å².